The van der Waals surface area contributed by atoms with E-state index in [9.17, 15) is 4.79 Å². The van der Waals surface area contributed by atoms with Gasteiger partial charge in [-0.15, -0.1) is 5.10 Å². The number of piperidine rings is 1. The van der Waals surface area contributed by atoms with E-state index < -0.39 is 0 Å². The number of fused-ring (bicyclic) bond motifs is 3. The molecule has 0 bridgehead atoms. The van der Waals surface area contributed by atoms with E-state index >= 15 is 0 Å². The molecule has 0 saturated carbocycles. The van der Waals surface area contributed by atoms with Gasteiger partial charge in [0.05, 0.1) is 30.6 Å². The minimum Gasteiger partial charge on any atom is -0.370 e. The van der Waals surface area contributed by atoms with Crippen LogP contribution in [-0.2, 0) is 16.1 Å². The molecule has 2 aliphatic heterocycles. The largest absolute Gasteiger partial charge is 0.370 e. The van der Waals surface area contributed by atoms with Gasteiger partial charge in [0.25, 0.3) is 0 Å². The summed E-state index contributed by atoms with van der Waals surface area (Å²) >= 11 is 0. The summed E-state index contributed by atoms with van der Waals surface area (Å²) in [5.41, 5.74) is 6.21. The Hall–Kier alpha value is -1.47. The molecule has 0 spiro atoms. The summed E-state index contributed by atoms with van der Waals surface area (Å²) in [6.07, 6.45) is 4.24. The summed E-state index contributed by atoms with van der Waals surface area (Å²) in [5.74, 6) is -0.226. The Bertz CT molecular complexity index is 461. The second-order valence-corrected chi connectivity index (χ2v) is 5.25. The minimum absolute atomic E-state index is 0.177. The van der Waals surface area contributed by atoms with E-state index in [1.807, 2.05) is 4.68 Å². The highest BCUT2D eigenvalue weighted by Gasteiger charge is 2.35. The van der Waals surface area contributed by atoms with Crippen LogP contribution < -0.4 is 5.73 Å². The Labute approximate surface area is 111 Å². The van der Waals surface area contributed by atoms with Crippen molar-refractivity contribution in [1.29, 1.82) is 0 Å². The maximum atomic E-state index is 10.7. The van der Waals surface area contributed by atoms with Crippen molar-refractivity contribution in [2.24, 2.45) is 5.73 Å². The van der Waals surface area contributed by atoms with Crippen LogP contribution in [0.5, 0.6) is 0 Å². The van der Waals surface area contributed by atoms with Crippen molar-refractivity contribution in [3.05, 3.63) is 11.9 Å². The molecule has 2 N–H and O–H groups in total. The SMILES string of the molecule is NC(=O)CCCN1CC[C@H]2[C@H](C1)OCc1cnnn12. The average Bonchev–Trinajstić information content (AvgIpc) is 2.86. The van der Waals surface area contributed by atoms with Crippen molar-refractivity contribution in [3.8, 4) is 0 Å². The number of rotatable bonds is 4. The molecule has 3 heterocycles. The molecule has 7 nitrogen and oxygen atoms in total. The van der Waals surface area contributed by atoms with E-state index in [4.69, 9.17) is 10.5 Å². The van der Waals surface area contributed by atoms with Gasteiger partial charge in [-0.2, -0.15) is 0 Å². The summed E-state index contributed by atoms with van der Waals surface area (Å²) in [4.78, 5) is 13.1. The van der Waals surface area contributed by atoms with Gasteiger partial charge in [0.2, 0.25) is 5.91 Å². The molecule has 1 fully saturated rings. The number of amides is 1. The zero-order chi connectivity index (χ0) is 13.2. The molecule has 0 radical (unpaired) electrons. The number of aromatic nitrogens is 3. The van der Waals surface area contributed by atoms with Crippen molar-refractivity contribution >= 4 is 5.91 Å². The van der Waals surface area contributed by atoms with Gasteiger partial charge in [-0.1, -0.05) is 5.21 Å². The van der Waals surface area contributed by atoms with E-state index in [1.165, 1.54) is 0 Å². The highest BCUT2D eigenvalue weighted by Crippen LogP contribution is 2.30. The number of carbonyl (C=O) groups excluding carboxylic acids is 1. The summed E-state index contributed by atoms with van der Waals surface area (Å²) in [5, 5.41) is 8.11. The number of carbonyl (C=O) groups is 1. The molecule has 1 saturated heterocycles. The zero-order valence-electron chi connectivity index (χ0n) is 10.9. The minimum atomic E-state index is -0.226. The molecule has 19 heavy (non-hydrogen) atoms. The lowest BCUT2D eigenvalue weighted by molar-refractivity contribution is -0.118. The zero-order valence-corrected chi connectivity index (χ0v) is 10.9. The summed E-state index contributed by atoms with van der Waals surface area (Å²) < 4.78 is 7.90. The fraction of sp³-hybridized carbons (Fsp3) is 0.750. The van der Waals surface area contributed by atoms with Crippen LogP contribution in [0.25, 0.3) is 0 Å². The first-order valence-corrected chi connectivity index (χ1v) is 6.75. The lowest BCUT2D eigenvalue weighted by atomic mass is 10.00. The summed E-state index contributed by atoms with van der Waals surface area (Å²) in [6, 6.07) is 0.304. The van der Waals surface area contributed by atoms with Crippen LogP contribution in [0.4, 0.5) is 0 Å². The summed E-state index contributed by atoms with van der Waals surface area (Å²) in [7, 11) is 0. The predicted molar refractivity (Wildman–Crippen MR) is 67.1 cm³/mol. The van der Waals surface area contributed by atoms with Crippen molar-refractivity contribution in [1.82, 2.24) is 19.9 Å². The van der Waals surface area contributed by atoms with E-state index in [-0.39, 0.29) is 12.0 Å². The highest BCUT2D eigenvalue weighted by atomic mass is 16.5. The molecule has 0 aliphatic carbocycles. The van der Waals surface area contributed by atoms with Gasteiger partial charge in [-0.25, -0.2) is 4.68 Å². The Kier molecular flexibility index (Phi) is 3.48. The van der Waals surface area contributed by atoms with Crippen LogP contribution in [0, 0.1) is 0 Å². The molecular formula is C12H19N5O2. The van der Waals surface area contributed by atoms with Crippen molar-refractivity contribution in [3.63, 3.8) is 0 Å². The molecule has 1 aromatic rings. The van der Waals surface area contributed by atoms with Gasteiger partial charge in [-0.05, 0) is 19.4 Å². The number of hydrogen-bond acceptors (Lipinski definition) is 5. The molecule has 0 aromatic carbocycles. The van der Waals surface area contributed by atoms with E-state index in [0.29, 0.717) is 19.1 Å². The van der Waals surface area contributed by atoms with Crippen LogP contribution in [-0.4, -0.2) is 51.5 Å². The molecule has 1 amide bonds. The van der Waals surface area contributed by atoms with E-state index in [1.54, 1.807) is 6.20 Å². The molecule has 0 unspecified atom stereocenters. The molecule has 2 aliphatic rings. The van der Waals surface area contributed by atoms with Crippen LogP contribution >= 0.6 is 0 Å². The molecule has 3 rings (SSSR count). The van der Waals surface area contributed by atoms with Crippen LogP contribution in [0.15, 0.2) is 6.20 Å². The second-order valence-electron chi connectivity index (χ2n) is 5.25. The fourth-order valence-electron chi connectivity index (χ4n) is 2.93. The van der Waals surface area contributed by atoms with Gasteiger partial charge in [0.1, 0.15) is 0 Å². The third kappa shape index (κ3) is 2.62. The van der Waals surface area contributed by atoms with Gasteiger partial charge in [0.15, 0.2) is 0 Å². The predicted octanol–water partition coefficient (Wildman–Crippen LogP) is -0.311. The normalized spacial score (nSPS) is 26.7. The maximum Gasteiger partial charge on any atom is 0.217 e. The summed E-state index contributed by atoms with van der Waals surface area (Å²) in [6.45, 7) is 3.38. The van der Waals surface area contributed by atoms with Crippen molar-refractivity contribution in [2.75, 3.05) is 19.6 Å². The van der Waals surface area contributed by atoms with Crippen molar-refractivity contribution < 1.29 is 9.53 Å². The molecule has 2 atom stereocenters. The number of hydrogen-bond donors (Lipinski definition) is 1. The third-order valence-electron chi connectivity index (χ3n) is 3.91. The smallest absolute Gasteiger partial charge is 0.217 e. The Morgan fingerprint density at radius 2 is 2.47 bits per heavy atom. The Balaban J connectivity index is 1.56. The topological polar surface area (TPSA) is 86.3 Å². The number of nitrogens with zero attached hydrogens (tertiary/aromatic N) is 4. The first kappa shape index (κ1) is 12.6. The third-order valence-corrected chi connectivity index (χ3v) is 3.91. The quantitative estimate of drug-likeness (QED) is 0.807. The van der Waals surface area contributed by atoms with Crippen LogP contribution in [0.1, 0.15) is 31.0 Å². The Morgan fingerprint density at radius 1 is 1.58 bits per heavy atom. The van der Waals surface area contributed by atoms with Crippen LogP contribution in [0.2, 0.25) is 0 Å². The number of likely N-dealkylation sites (tertiary alicyclic amines) is 1. The van der Waals surface area contributed by atoms with Gasteiger partial charge in [-0.3, -0.25) is 4.79 Å². The van der Waals surface area contributed by atoms with Gasteiger partial charge in [0, 0.05) is 19.5 Å². The Morgan fingerprint density at radius 3 is 3.32 bits per heavy atom. The monoisotopic (exact) mass is 265 g/mol. The molecule has 7 heteroatoms. The molecule has 1 aromatic heterocycles. The fourth-order valence-corrected chi connectivity index (χ4v) is 2.93. The highest BCUT2D eigenvalue weighted by molar-refractivity contribution is 5.73. The maximum absolute atomic E-state index is 10.7. The second kappa shape index (κ2) is 5.26. The standard InChI is InChI=1S/C12H19N5O2/c13-12(18)2-1-4-16-5-3-10-11(7-16)19-8-9-6-14-15-17(9)10/h6,10-11H,1-5,7-8H2,(H2,13,18)/t10-,11-/m0/s1. The number of primary amides is 1. The number of nitrogens with two attached hydrogens (primary N) is 1. The first-order chi connectivity index (χ1) is 9.24. The molecule has 104 valence electrons. The van der Waals surface area contributed by atoms with Crippen molar-refractivity contribution in [2.45, 2.75) is 38.0 Å². The lowest BCUT2D eigenvalue weighted by Gasteiger charge is -2.41. The van der Waals surface area contributed by atoms with Crippen LogP contribution in [0.3, 0.4) is 0 Å². The van der Waals surface area contributed by atoms with Gasteiger partial charge >= 0.3 is 0 Å². The van der Waals surface area contributed by atoms with E-state index in [2.05, 4.69) is 15.2 Å². The lowest BCUT2D eigenvalue weighted by Crippen LogP contribution is -2.48. The number of ether oxygens (including phenoxy) is 1. The van der Waals surface area contributed by atoms with Gasteiger partial charge < -0.3 is 15.4 Å². The average molecular weight is 265 g/mol. The first-order valence-electron chi connectivity index (χ1n) is 6.75. The molecular weight excluding hydrogens is 246 g/mol. The van der Waals surface area contributed by atoms with E-state index in [0.717, 1.165) is 38.2 Å².